The highest BCUT2D eigenvalue weighted by Crippen LogP contribution is 2.41. The van der Waals surface area contributed by atoms with Crippen LogP contribution in [0.2, 0.25) is 0 Å². The second-order valence-electron chi connectivity index (χ2n) is 5.04. The summed E-state index contributed by atoms with van der Waals surface area (Å²) in [5.74, 6) is -0.249. The van der Waals surface area contributed by atoms with E-state index >= 15 is 0 Å². The molecule has 0 atom stereocenters. The van der Waals surface area contributed by atoms with Crippen molar-refractivity contribution in [3.8, 4) is 17.2 Å². The summed E-state index contributed by atoms with van der Waals surface area (Å²) in [5, 5.41) is 10.1. The molecule has 3 rings (SSSR count). The highest BCUT2D eigenvalue weighted by molar-refractivity contribution is 7.20. The Bertz CT molecular complexity index is 974. The lowest BCUT2D eigenvalue weighted by molar-refractivity contribution is -0.323. The molecule has 7 heteroatoms. The van der Waals surface area contributed by atoms with Gasteiger partial charge in [0.2, 0.25) is 0 Å². The van der Waals surface area contributed by atoms with Crippen molar-refractivity contribution >= 4 is 39.0 Å². The minimum absolute atomic E-state index is 0.237. The maximum Gasteiger partial charge on any atom is 0.350 e. The van der Waals surface area contributed by atoms with Crippen LogP contribution in [0.25, 0.3) is 21.3 Å². The van der Waals surface area contributed by atoms with Crippen molar-refractivity contribution in [3.63, 3.8) is 0 Å². The highest BCUT2D eigenvalue weighted by atomic mass is 32.1. The van der Waals surface area contributed by atoms with Gasteiger partial charge in [0.25, 0.3) is 5.82 Å². The number of hydrogen-bond acceptors (Lipinski definition) is 6. The number of nitrogens with one attached hydrogen (secondary N) is 1. The van der Waals surface area contributed by atoms with Crippen molar-refractivity contribution in [2.24, 2.45) is 0 Å². The first-order valence-electron chi connectivity index (χ1n) is 7.27. The van der Waals surface area contributed by atoms with Gasteiger partial charge in [0.15, 0.2) is 4.83 Å². The average molecular weight is 339 g/mol. The van der Waals surface area contributed by atoms with E-state index in [0.29, 0.717) is 31.9 Å². The molecule has 0 aliphatic rings. The monoisotopic (exact) mass is 339 g/mol. The van der Waals surface area contributed by atoms with Crippen LogP contribution < -0.4 is 16.5 Å². The molecule has 0 saturated carbocycles. The molecule has 5 N–H and O–H groups in total. The molecule has 3 aromatic rings. The standard InChI is InChI=1S/C17H14N4O2S/c1-2-23-17(22)14-13(19)12-11(9-6-4-3-5-7-9)10(8-18)15(20)21-16(12)24-14/h3-7H,2,19H2,1H3,(H2,20,21)/p+1. The number of nitrogens with zero attached hydrogens (tertiary/aromatic N) is 1. The summed E-state index contributed by atoms with van der Waals surface area (Å²) in [6.45, 7) is 1.99. The summed E-state index contributed by atoms with van der Waals surface area (Å²) >= 11 is 1.17. The van der Waals surface area contributed by atoms with E-state index in [-0.39, 0.29) is 12.4 Å². The fraction of sp³-hybridized carbons (Fsp3) is 0.118. The number of carbonyl (C=O) groups is 1. The number of nitrogens with two attached hydrogens (primary N) is 2. The van der Waals surface area contributed by atoms with E-state index in [1.165, 1.54) is 11.3 Å². The average Bonchev–Trinajstić information content (AvgIpc) is 2.91. The summed E-state index contributed by atoms with van der Waals surface area (Å²) in [7, 11) is 0. The largest absolute Gasteiger partial charge is 0.462 e. The Morgan fingerprint density at radius 2 is 2.04 bits per heavy atom. The zero-order valence-corrected chi connectivity index (χ0v) is 13.7. The summed E-state index contributed by atoms with van der Waals surface area (Å²) < 4.78 is 5.05. The number of ether oxygens (including phenoxy) is 1. The molecule has 0 spiro atoms. The summed E-state index contributed by atoms with van der Waals surface area (Å²) in [6, 6.07) is 11.5. The van der Waals surface area contributed by atoms with Gasteiger partial charge in [-0.1, -0.05) is 41.7 Å². The van der Waals surface area contributed by atoms with E-state index in [1.54, 1.807) is 6.92 Å². The summed E-state index contributed by atoms with van der Waals surface area (Å²) in [5.41, 5.74) is 14.2. The number of fused-ring (bicyclic) bond motifs is 1. The van der Waals surface area contributed by atoms with Gasteiger partial charge in [-0.3, -0.25) is 5.73 Å². The molecule has 2 aromatic heterocycles. The minimum atomic E-state index is -0.485. The van der Waals surface area contributed by atoms with Crippen LogP contribution in [0.1, 0.15) is 22.2 Å². The van der Waals surface area contributed by atoms with Crippen LogP contribution in [0.15, 0.2) is 30.3 Å². The minimum Gasteiger partial charge on any atom is -0.462 e. The predicted molar refractivity (Wildman–Crippen MR) is 93.3 cm³/mol. The fourth-order valence-corrected chi connectivity index (χ4v) is 3.62. The third kappa shape index (κ3) is 2.43. The summed E-state index contributed by atoms with van der Waals surface area (Å²) in [6.07, 6.45) is 0. The molecular weight excluding hydrogens is 324 g/mol. The second-order valence-corrected chi connectivity index (χ2v) is 6.06. The van der Waals surface area contributed by atoms with Gasteiger partial charge >= 0.3 is 5.97 Å². The van der Waals surface area contributed by atoms with Gasteiger partial charge in [-0.2, -0.15) is 5.26 Å². The van der Waals surface area contributed by atoms with E-state index in [2.05, 4.69) is 11.1 Å². The molecular formula is C17H15N4O2S+. The number of thiophene rings is 1. The topological polar surface area (TPSA) is 116 Å². The van der Waals surface area contributed by atoms with Gasteiger partial charge < -0.3 is 10.5 Å². The van der Waals surface area contributed by atoms with Crippen LogP contribution >= 0.6 is 11.3 Å². The molecule has 6 nitrogen and oxygen atoms in total. The molecule has 120 valence electrons. The summed E-state index contributed by atoms with van der Waals surface area (Å²) in [4.78, 5) is 16.0. The van der Waals surface area contributed by atoms with Crippen LogP contribution in [0.4, 0.5) is 11.5 Å². The Labute approximate surface area is 142 Å². The van der Waals surface area contributed by atoms with E-state index in [1.807, 2.05) is 30.3 Å². The van der Waals surface area contributed by atoms with E-state index in [0.717, 1.165) is 5.56 Å². The molecule has 0 fully saturated rings. The maximum atomic E-state index is 12.1. The van der Waals surface area contributed by atoms with Crippen molar-refractivity contribution in [2.45, 2.75) is 6.92 Å². The fourth-order valence-electron chi connectivity index (χ4n) is 2.58. The van der Waals surface area contributed by atoms with Crippen molar-refractivity contribution in [2.75, 3.05) is 18.1 Å². The van der Waals surface area contributed by atoms with Gasteiger partial charge in [-0.15, -0.1) is 0 Å². The lowest BCUT2D eigenvalue weighted by Gasteiger charge is -2.07. The number of aromatic nitrogens is 1. The molecule has 0 bridgehead atoms. The predicted octanol–water partition coefficient (Wildman–Crippen LogP) is 2.60. The third-order valence-corrected chi connectivity index (χ3v) is 4.70. The van der Waals surface area contributed by atoms with Gasteiger partial charge in [-0.05, 0) is 12.5 Å². The van der Waals surface area contributed by atoms with Crippen LogP contribution in [0, 0.1) is 11.3 Å². The first-order chi connectivity index (χ1) is 11.6. The maximum absolute atomic E-state index is 12.1. The van der Waals surface area contributed by atoms with Crippen molar-refractivity contribution < 1.29 is 14.5 Å². The van der Waals surface area contributed by atoms with Gasteiger partial charge in [0.1, 0.15) is 16.5 Å². The number of nitrogen functional groups attached to an aromatic ring is 2. The Morgan fingerprint density at radius 3 is 2.67 bits per heavy atom. The van der Waals surface area contributed by atoms with E-state index in [4.69, 9.17) is 16.2 Å². The van der Waals surface area contributed by atoms with Crippen molar-refractivity contribution in [1.82, 2.24) is 0 Å². The zero-order valence-electron chi connectivity index (χ0n) is 12.9. The number of H-pyrrole nitrogens is 1. The molecule has 0 aliphatic heterocycles. The number of esters is 1. The molecule has 24 heavy (non-hydrogen) atoms. The Balaban J connectivity index is 2.40. The number of carbonyl (C=O) groups excluding carboxylic acids is 1. The number of aromatic amines is 1. The van der Waals surface area contributed by atoms with Crippen LogP contribution in [-0.4, -0.2) is 12.6 Å². The number of benzene rings is 1. The molecule has 0 radical (unpaired) electrons. The number of anilines is 2. The normalized spacial score (nSPS) is 10.5. The van der Waals surface area contributed by atoms with Gasteiger partial charge in [0, 0.05) is 5.56 Å². The first kappa shape index (κ1) is 15.8. The van der Waals surface area contributed by atoms with Crippen LogP contribution in [-0.2, 0) is 4.74 Å². The third-order valence-electron chi connectivity index (χ3n) is 3.60. The number of rotatable bonds is 3. The molecule has 0 amide bonds. The Kier molecular flexibility index (Phi) is 4.06. The van der Waals surface area contributed by atoms with Gasteiger partial charge in [-0.25, -0.2) is 9.78 Å². The Hall–Kier alpha value is -3.11. The lowest BCUT2D eigenvalue weighted by atomic mass is 9.97. The highest BCUT2D eigenvalue weighted by Gasteiger charge is 2.26. The van der Waals surface area contributed by atoms with E-state index in [9.17, 15) is 10.1 Å². The van der Waals surface area contributed by atoms with Crippen LogP contribution in [0.5, 0.6) is 0 Å². The van der Waals surface area contributed by atoms with Crippen LogP contribution in [0.3, 0.4) is 0 Å². The number of pyridine rings is 1. The SMILES string of the molecule is CCOC(=O)c1sc2[nH+]c(N)c(C#N)c(-c3ccccc3)c2c1N. The quantitative estimate of drug-likeness (QED) is 0.711. The number of nitriles is 1. The second kappa shape index (κ2) is 6.18. The molecule has 1 aromatic carbocycles. The number of hydrogen-bond donors (Lipinski definition) is 2. The molecule has 2 heterocycles. The Morgan fingerprint density at radius 1 is 1.33 bits per heavy atom. The zero-order chi connectivity index (χ0) is 17.3. The van der Waals surface area contributed by atoms with E-state index < -0.39 is 5.97 Å². The lowest BCUT2D eigenvalue weighted by Crippen LogP contribution is -2.13. The smallest absolute Gasteiger partial charge is 0.350 e. The molecule has 0 saturated heterocycles. The first-order valence-corrected chi connectivity index (χ1v) is 8.09. The molecule has 0 unspecified atom stereocenters. The molecule has 0 aliphatic carbocycles. The van der Waals surface area contributed by atoms with Gasteiger partial charge in [0.05, 0.1) is 17.7 Å². The van der Waals surface area contributed by atoms with Crippen molar-refractivity contribution in [1.29, 1.82) is 5.26 Å². The van der Waals surface area contributed by atoms with Crippen molar-refractivity contribution in [3.05, 3.63) is 40.8 Å².